The minimum atomic E-state index is -2.68. The molecule has 9 heteroatoms. The Hall–Kier alpha value is -3.23. The van der Waals surface area contributed by atoms with Gasteiger partial charge in [0.2, 0.25) is 5.91 Å². The molecule has 1 amide bonds. The van der Waals surface area contributed by atoms with Gasteiger partial charge in [0, 0.05) is 5.69 Å². The van der Waals surface area contributed by atoms with E-state index in [0.717, 1.165) is 17.0 Å². The van der Waals surface area contributed by atoms with Crippen LogP contribution in [0, 0.1) is 20.8 Å². The Bertz CT molecular complexity index is 1060. The van der Waals surface area contributed by atoms with Crippen molar-refractivity contribution >= 4 is 11.6 Å². The number of methoxy groups -OCH3 is 1. The molecule has 0 aliphatic heterocycles. The molecule has 3 aromatic rings. The third-order valence-corrected chi connectivity index (χ3v) is 5.01. The van der Waals surface area contributed by atoms with E-state index in [1.807, 2.05) is 38.1 Å². The van der Waals surface area contributed by atoms with Crippen LogP contribution < -0.4 is 10.1 Å². The Kier molecular flexibility index (Phi) is 6.19. The van der Waals surface area contributed by atoms with Crippen LogP contribution in [-0.4, -0.2) is 32.6 Å². The monoisotopic (exact) mass is 417 g/mol. The molecular formula is C21H25F2N5O2. The summed E-state index contributed by atoms with van der Waals surface area (Å²) in [6.07, 6.45) is -2.68. The molecule has 160 valence electrons. The highest BCUT2D eigenvalue weighted by molar-refractivity contribution is 5.94. The zero-order valence-electron chi connectivity index (χ0n) is 17.6. The Labute approximate surface area is 173 Å². The number of benzene rings is 1. The van der Waals surface area contributed by atoms with E-state index in [-0.39, 0.29) is 11.6 Å². The number of rotatable bonds is 7. The van der Waals surface area contributed by atoms with Crippen LogP contribution in [0.5, 0.6) is 5.75 Å². The SMILES string of the molecule is COc1cccc(Cn2nc(C)c(NC(=O)C(C)n3nc(C(F)F)cc3C)c2C)c1. The number of nitrogens with zero attached hydrogens (tertiary/aromatic N) is 4. The molecule has 0 spiro atoms. The highest BCUT2D eigenvalue weighted by atomic mass is 19.3. The van der Waals surface area contributed by atoms with Crippen LogP contribution in [0.4, 0.5) is 14.5 Å². The van der Waals surface area contributed by atoms with Crippen LogP contribution >= 0.6 is 0 Å². The number of carbonyl (C=O) groups excluding carboxylic acids is 1. The number of hydrogen-bond acceptors (Lipinski definition) is 4. The molecule has 0 radical (unpaired) electrons. The lowest BCUT2D eigenvalue weighted by atomic mass is 10.2. The minimum absolute atomic E-state index is 0.342. The second-order valence-corrected chi connectivity index (χ2v) is 7.18. The average Bonchev–Trinajstić information content (AvgIpc) is 3.22. The van der Waals surface area contributed by atoms with Crippen molar-refractivity contribution in [3.63, 3.8) is 0 Å². The lowest BCUT2D eigenvalue weighted by molar-refractivity contribution is -0.119. The number of alkyl halides is 2. The van der Waals surface area contributed by atoms with E-state index in [0.29, 0.717) is 23.6 Å². The van der Waals surface area contributed by atoms with Gasteiger partial charge in [-0.15, -0.1) is 0 Å². The van der Waals surface area contributed by atoms with Crippen molar-refractivity contribution in [2.75, 3.05) is 12.4 Å². The van der Waals surface area contributed by atoms with Crippen LogP contribution in [0.1, 0.15) is 47.7 Å². The number of anilines is 1. The molecule has 0 aliphatic rings. The number of hydrogen-bond donors (Lipinski definition) is 1. The van der Waals surface area contributed by atoms with Gasteiger partial charge < -0.3 is 10.1 Å². The molecule has 3 rings (SSSR count). The summed E-state index contributed by atoms with van der Waals surface area (Å²) in [6, 6.07) is 8.21. The first-order valence-electron chi connectivity index (χ1n) is 9.53. The summed E-state index contributed by atoms with van der Waals surface area (Å²) in [5, 5.41) is 11.3. The first kappa shape index (κ1) is 21.5. The van der Waals surface area contributed by atoms with Gasteiger partial charge in [-0.05, 0) is 51.5 Å². The first-order chi connectivity index (χ1) is 14.2. The van der Waals surface area contributed by atoms with Crippen LogP contribution in [0.3, 0.4) is 0 Å². The van der Waals surface area contributed by atoms with Crippen LogP contribution in [0.15, 0.2) is 30.3 Å². The number of amides is 1. The maximum atomic E-state index is 12.9. The third kappa shape index (κ3) is 4.34. The summed E-state index contributed by atoms with van der Waals surface area (Å²) in [5.41, 5.74) is 3.23. The number of halogens is 2. The fraction of sp³-hybridized carbons (Fsp3) is 0.381. The average molecular weight is 417 g/mol. The molecule has 0 saturated carbocycles. The summed E-state index contributed by atoms with van der Waals surface area (Å²) >= 11 is 0. The van der Waals surface area contributed by atoms with Gasteiger partial charge in [0.1, 0.15) is 17.5 Å². The fourth-order valence-corrected chi connectivity index (χ4v) is 3.33. The molecular weight excluding hydrogens is 392 g/mol. The van der Waals surface area contributed by atoms with Crippen molar-refractivity contribution in [3.8, 4) is 5.75 Å². The van der Waals surface area contributed by atoms with Crippen molar-refractivity contribution in [2.45, 2.75) is 46.7 Å². The van der Waals surface area contributed by atoms with E-state index in [2.05, 4.69) is 15.5 Å². The van der Waals surface area contributed by atoms with Gasteiger partial charge in [0.15, 0.2) is 0 Å². The first-order valence-corrected chi connectivity index (χ1v) is 9.53. The van der Waals surface area contributed by atoms with E-state index in [9.17, 15) is 13.6 Å². The lowest BCUT2D eigenvalue weighted by Gasteiger charge is -2.15. The Morgan fingerprint density at radius 2 is 1.93 bits per heavy atom. The van der Waals surface area contributed by atoms with Crippen molar-refractivity contribution in [1.82, 2.24) is 19.6 Å². The Morgan fingerprint density at radius 3 is 2.57 bits per heavy atom. The molecule has 0 bridgehead atoms. The largest absolute Gasteiger partial charge is 0.497 e. The van der Waals surface area contributed by atoms with Gasteiger partial charge in [-0.1, -0.05) is 12.1 Å². The highest BCUT2D eigenvalue weighted by Crippen LogP contribution is 2.24. The van der Waals surface area contributed by atoms with E-state index in [1.165, 1.54) is 10.7 Å². The summed E-state index contributed by atoms with van der Waals surface area (Å²) in [7, 11) is 1.61. The molecule has 0 aliphatic carbocycles. The molecule has 1 unspecified atom stereocenters. The maximum absolute atomic E-state index is 12.9. The Morgan fingerprint density at radius 1 is 1.20 bits per heavy atom. The molecule has 2 aromatic heterocycles. The second kappa shape index (κ2) is 8.64. The molecule has 1 atom stereocenters. The predicted molar refractivity (Wildman–Crippen MR) is 109 cm³/mol. The van der Waals surface area contributed by atoms with Gasteiger partial charge in [0.25, 0.3) is 6.43 Å². The molecule has 30 heavy (non-hydrogen) atoms. The second-order valence-electron chi connectivity index (χ2n) is 7.18. The smallest absolute Gasteiger partial charge is 0.282 e. The van der Waals surface area contributed by atoms with Crippen molar-refractivity contribution < 1.29 is 18.3 Å². The number of nitrogens with one attached hydrogen (secondary N) is 1. The van der Waals surface area contributed by atoms with Gasteiger partial charge in [-0.3, -0.25) is 14.2 Å². The molecule has 1 N–H and O–H groups in total. The van der Waals surface area contributed by atoms with E-state index >= 15 is 0 Å². The number of aryl methyl sites for hydroxylation is 2. The number of aromatic nitrogens is 4. The quantitative estimate of drug-likeness (QED) is 0.625. The summed E-state index contributed by atoms with van der Waals surface area (Å²) in [6.45, 7) is 7.46. The van der Waals surface area contributed by atoms with Gasteiger partial charge >= 0.3 is 0 Å². The van der Waals surface area contributed by atoms with Gasteiger partial charge in [-0.2, -0.15) is 10.2 Å². The maximum Gasteiger partial charge on any atom is 0.282 e. The van der Waals surface area contributed by atoms with E-state index in [4.69, 9.17) is 4.74 Å². The topological polar surface area (TPSA) is 74.0 Å². The standard InChI is InChI=1S/C21H25F2N5O2/c1-12-9-18(20(22)23)26-28(12)15(4)21(29)24-19-13(2)25-27(14(19)3)11-16-7-6-8-17(10-16)30-5/h6-10,15,20H,11H2,1-5H3,(H,24,29). The highest BCUT2D eigenvalue weighted by Gasteiger charge is 2.23. The van der Waals surface area contributed by atoms with Crippen LogP contribution in [-0.2, 0) is 11.3 Å². The summed E-state index contributed by atoms with van der Waals surface area (Å²) in [4.78, 5) is 12.8. The lowest BCUT2D eigenvalue weighted by Crippen LogP contribution is -2.25. The number of carbonyl (C=O) groups is 1. The van der Waals surface area contributed by atoms with E-state index in [1.54, 1.807) is 25.6 Å². The summed E-state index contributed by atoms with van der Waals surface area (Å²) < 4.78 is 34.2. The van der Waals surface area contributed by atoms with Crippen molar-refractivity contribution in [1.29, 1.82) is 0 Å². The van der Waals surface area contributed by atoms with Crippen LogP contribution in [0.25, 0.3) is 0 Å². The Balaban J connectivity index is 1.79. The summed E-state index contributed by atoms with van der Waals surface area (Å²) in [5.74, 6) is 0.406. The van der Waals surface area contributed by atoms with Crippen molar-refractivity contribution in [2.24, 2.45) is 0 Å². The van der Waals surface area contributed by atoms with Crippen LogP contribution in [0.2, 0.25) is 0 Å². The molecule has 2 heterocycles. The zero-order valence-corrected chi connectivity index (χ0v) is 17.6. The van der Waals surface area contributed by atoms with Crippen molar-refractivity contribution in [3.05, 3.63) is 58.7 Å². The molecule has 1 aromatic carbocycles. The molecule has 0 saturated heterocycles. The fourth-order valence-electron chi connectivity index (χ4n) is 3.33. The van der Waals surface area contributed by atoms with Gasteiger partial charge in [-0.25, -0.2) is 8.78 Å². The zero-order chi connectivity index (χ0) is 22.0. The minimum Gasteiger partial charge on any atom is -0.497 e. The third-order valence-electron chi connectivity index (χ3n) is 5.01. The number of ether oxygens (including phenoxy) is 1. The predicted octanol–water partition coefficient (Wildman–Crippen LogP) is 4.20. The van der Waals surface area contributed by atoms with E-state index < -0.39 is 12.5 Å². The molecule has 7 nitrogen and oxygen atoms in total. The van der Waals surface area contributed by atoms with Gasteiger partial charge in [0.05, 0.1) is 30.7 Å². The normalized spacial score (nSPS) is 12.3. The molecule has 0 fully saturated rings.